The van der Waals surface area contributed by atoms with E-state index in [1.54, 1.807) is 10.9 Å². The topological polar surface area (TPSA) is 128 Å². The van der Waals surface area contributed by atoms with Gasteiger partial charge in [0.05, 0.1) is 18.5 Å². The number of ether oxygens (including phenoxy) is 2. The van der Waals surface area contributed by atoms with E-state index in [2.05, 4.69) is 28.0 Å². The van der Waals surface area contributed by atoms with Crippen LogP contribution in [-0.4, -0.2) is 57.3 Å². The van der Waals surface area contributed by atoms with Crippen LogP contribution in [0.25, 0.3) is 11.2 Å². The average molecular weight is 437 g/mol. The number of aromatic amines is 1. The first-order valence-electron chi connectivity index (χ1n) is 10.2. The van der Waals surface area contributed by atoms with Crippen molar-refractivity contribution >= 4 is 25.9 Å². The van der Waals surface area contributed by atoms with E-state index in [1.807, 2.05) is 41.5 Å². The van der Waals surface area contributed by atoms with Gasteiger partial charge in [0, 0.05) is 6.42 Å². The SMILES string of the molecule is C[Si](C)[C@]1(n2cnc3c(=O)[nH]c(N)nc32)C[C@@](O)(C(C)(C)C)[C@@H](COC(C)(C)C)O1. The third-order valence-corrected chi connectivity index (χ3v) is 8.04. The molecule has 2 aromatic heterocycles. The van der Waals surface area contributed by atoms with E-state index in [0.29, 0.717) is 12.1 Å². The van der Waals surface area contributed by atoms with E-state index in [0.717, 1.165) is 0 Å². The van der Waals surface area contributed by atoms with Crippen LogP contribution in [0.15, 0.2) is 11.1 Å². The molecule has 4 N–H and O–H groups in total. The lowest BCUT2D eigenvalue weighted by atomic mass is 9.72. The molecule has 0 aromatic carbocycles. The average Bonchev–Trinajstić information content (AvgIpc) is 3.12. The number of hydrogen-bond acceptors (Lipinski definition) is 7. The molecule has 2 aromatic rings. The minimum atomic E-state index is -1.23. The molecule has 0 unspecified atom stereocenters. The van der Waals surface area contributed by atoms with Crippen molar-refractivity contribution in [3.05, 3.63) is 16.7 Å². The Morgan fingerprint density at radius 3 is 2.53 bits per heavy atom. The minimum absolute atomic E-state index is 0.0158. The van der Waals surface area contributed by atoms with Gasteiger partial charge in [-0.3, -0.25) is 14.3 Å². The summed E-state index contributed by atoms with van der Waals surface area (Å²) in [7, 11) is -1.23. The largest absolute Gasteiger partial charge is 0.386 e. The first-order chi connectivity index (χ1) is 13.6. The third-order valence-electron chi connectivity index (χ3n) is 5.94. The molecule has 9 nitrogen and oxygen atoms in total. The molecule has 30 heavy (non-hydrogen) atoms. The monoisotopic (exact) mass is 436 g/mol. The van der Waals surface area contributed by atoms with Crippen molar-refractivity contribution < 1.29 is 14.6 Å². The molecule has 167 valence electrons. The second kappa shape index (κ2) is 7.15. The Morgan fingerprint density at radius 1 is 1.37 bits per heavy atom. The fraction of sp³-hybridized carbons (Fsp3) is 0.750. The first-order valence-corrected chi connectivity index (χ1v) is 12.7. The van der Waals surface area contributed by atoms with Crippen molar-refractivity contribution in [2.75, 3.05) is 12.3 Å². The van der Waals surface area contributed by atoms with E-state index < -0.39 is 36.8 Å². The highest BCUT2D eigenvalue weighted by Crippen LogP contribution is 2.51. The van der Waals surface area contributed by atoms with Crippen molar-refractivity contribution in [1.29, 1.82) is 0 Å². The zero-order valence-electron chi connectivity index (χ0n) is 19.2. The molecule has 10 heteroatoms. The summed E-state index contributed by atoms with van der Waals surface area (Å²) in [5, 5.41) is 11.0. The third kappa shape index (κ3) is 3.70. The van der Waals surface area contributed by atoms with Crippen LogP contribution in [0.3, 0.4) is 0 Å². The number of nitrogens with one attached hydrogen (secondary N) is 1. The standard InChI is InChI=1S/C20H34N5O4Si/c1-17(2,3)19(27)10-20(30(7)8,29-12(19)9-28-18(4,5)6)25-11-22-13-14(25)23-16(21)24-15(13)26/h11-12,27H,9-10H2,1-8H3,(H3,21,23,24,26)/t12-,19+,20+/m1/s1. The Morgan fingerprint density at radius 2 is 2.00 bits per heavy atom. The number of imidazole rings is 1. The van der Waals surface area contributed by atoms with E-state index in [9.17, 15) is 9.90 Å². The summed E-state index contributed by atoms with van der Waals surface area (Å²) in [6.07, 6.45) is 1.34. The maximum absolute atomic E-state index is 12.3. The maximum Gasteiger partial charge on any atom is 0.280 e. The number of hydrogen-bond donors (Lipinski definition) is 3. The fourth-order valence-corrected chi connectivity index (χ4v) is 5.61. The predicted molar refractivity (Wildman–Crippen MR) is 118 cm³/mol. The molecule has 0 saturated carbocycles. The normalized spacial score (nSPS) is 28.0. The number of nitrogens with zero attached hydrogens (tertiary/aromatic N) is 3. The molecule has 0 amide bonds. The van der Waals surface area contributed by atoms with Gasteiger partial charge in [-0.25, -0.2) is 4.98 Å². The summed E-state index contributed by atoms with van der Waals surface area (Å²) in [5.41, 5.74) is 3.96. The Balaban J connectivity index is 2.17. The fourth-order valence-electron chi connectivity index (χ4n) is 3.97. The number of fused-ring (bicyclic) bond motifs is 1. The highest BCUT2D eigenvalue weighted by Gasteiger charge is 2.62. The van der Waals surface area contributed by atoms with Crippen LogP contribution in [0.1, 0.15) is 48.0 Å². The van der Waals surface area contributed by atoms with Crippen LogP contribution in [-0.2, 0) is 14.8 Å². The zero-order chi connectivity index (χ0) is 22.7. The van der Waals surface area contributed by atoms with Gasteiger partial charge in [-0.05, 0) is 26.2 Å². The highest BCUT2D eigenvalue weighted by atomic mass is 28.3. The molecule has 3 atom stereocenters. The molecule has 0 spiro atoms. The van der Waals surface area contributed by atoms with Gasteiger partial charge in [-0.15, -0.1) is 0 Å². The summed E-state index contributed by atoms with van der Waals surface area (Å²) >= 11 is 0. The van der Waals surface area contributed by atoms with Gasteiger partial charge in [0.25, 0.3) is 5.56 Å². The number of aliphatic hydroxyl groups is 1. The Kier molecular flexibility index (Phi) is 5.46. The molecule has 0 aliphatic carbocycles. The minimum Gasteiger partial charge on any atom is -0.386 e. The lowest BCUT2D eigenvalue weighted by Crippen LogP contribution is -2.52. The van der Waals surface area contributed by atoms with Gasteiger partial charge in [-0.1, -0.05) is 33.9 Å². The Hall–Kier alpha value is -1.75. The number of nitrogen functional groups attached to an aromatic ring is 1. The first kappa shape index (κ1) is 22.9. The van der Waals surface area contributed by atoms with Gasteiger partial charge in [0.2, 0.25) is 5.95 Å². The van der Waals surface area contributed by atoms with Gasteiger partial charge in [0.15, 0.2) is 11.2 Å². The molecule has 1 aliphatic heterocycles. The van der Waals surface area contributed by atoms with E-state index in [-0.39, 0.29) is 23.7 Å². The number of aromatic nitrogens is 4. The molecule has 0 bridgehead atoms. The molecular weight excluding hydrogens is 402 g/mol. The molecule has 1 fully saturated rings. The second-order valence-electron chi connectivity index (χ2n) is 10.4. The molecule has 1 radical (unpaired) electrons. The number of rotatable bonds is 4. The zero-order valence-corrected chi connectivity index (χ0v) is 20.2. The second-order valence-corrected chi connectivity index (χ2v) is 13.2. The van der Waals surface area contributed by atoms with E-state index in [1.165, 1.54) is 0 Å². The van der Waals surface area contributed by atoms with Crippen LogP contribution >= 0.6 is 0 Å². The van der Waals surface area contributed by atoms with E-state index in [4.69, 9.17) is 15.2 Å². The summed E-state index contributed by atoms with van der Waals surface area (Å²) < 4.78 is 14.5. The van der Waals surface area contributed by atoms with Crippen molar-refractivity contribution in [3.63, 3.8) is 0 Å². The Bertz CT molecular complexity index is 990. The number of anilines is 1. The van der Waals surface area contributed by atoms with Crippen LogP contribution in [0, 0.1) is 5.41 Å². The van der Waals surface area contributed by atoms with Gasteiger partial charge < -0.3 is 20.3 Å². The quantitative estimate of drug-likeness (QED) is 0.626. The highest BCUT2D eigenvalue weighted by molar-refractivity contribution is 6.58. The van der Waals surface area contributed by atoms with Crippen molar-refractivity contribution in [1.82, 2.24) is 19.5 Å². The molecular formula is C20H34N5O4Si. The number of nitrogens with two attached hydrogens (primary N) is 1. The van der Waals surface area contributed by atoms with Crippen LogP contribution in [0.5, 0.6) is 0 Å². The van der Waals surface area contributed by atoms with Crippen molar-refractivity contribution in [2.45, 2.75) is 83.7 Å². The van der Waals surface area contributed by atoms with Crippen molar-refractivity contribution in [3.8, 4) is 0 Å². The summed E-state index contributed by atoms with van der Waals surface area (Å²) in [5.74, 6) is 0.0158. The Labute approximate surface area is 178 Å². The van der Waals surface area contributed by atoms with Crippen LogP contribution in [0.4, 0.5) is 5.95 Å². The van der Waals surface area contributed by atoms with E-state index >= 15 is 0 Å². The number of H-pyrrole nitrogens is 1. The van der Waals surface area contributed by atoms with Gasteiger partial charge in [0.1, 0.15) is 25.9 Å². The summed E-state index contributed by atoms with van der Waals surface area (Å²) in [6.45, 7) is 16.4. The molecule has 3 heterocycles. The maximum atomic E-state index is 12.3. The molecule has 1 saturated heterocycles. The van der Waals surface area contributed by atoms with Crippen LogP contribution < -0.4 is 11.3 Å². The van der Waals surface area contributed by atoms with Crippen LogP contribution in [0.2, 0.25) is 13.1 Å². The molecule has 3 rings (SSSR count). The lowest BCUT2D eigenvalue weighted by molar-refractivity contribution is -0.159. The van der Waals surface area contributed by atoms with Gasteiger partial charge in [-0.2, -0.15) is 4.98 Å². The smallest absolute Gasteiger partial charge is 0.280 e. The predicted octanol–water partition coefficient (Wildman–Crippen LogP) is 2.03. The van der Waals surface area contributed by atoms with Crippen molar-refractivity contribution in [2.24, 2.45) is 5.41 Å². The summed E-state index contributed by atoms with van der Waals surface area (Å²) in [6, 6.07) is 0. The molecule has 1 aliphatic rings. The van der Waals surface area contributed by atoms with Gasteiger partial charge >= 0.3 is 0 Å². The summed E-state index contributed by atoms with van der Waals surface area (Å²) in [4.78, 5) is 23.4. The lowest BCUT2D eigenvalue weighted by Gasteiger charge is -2.41.